The summed E-state index contributed by atoms with van der Waals surface area (Å²) in [4.78, 5) is 8.13. The number of aromatic nitrogens is 2. The molecule has 0 aliphatic rings. The van der Waals surface area contributed by atoms with Crippen LogP contribution in [0.4, 0.5) is 14.6 Å². The number of ether oxygens (including phenoxy) is 1. The standard InChI is InChI=1S/C14H15F2N3O/c1-3-20-14-9(2)13(18-8-19-14)17-7-10-4-5-11(15)12(16)6-10/h4-6,8H,3,7H2,1-2H3,(H,17,18,19). The van der Waals surface area contributed by atoms with E-state index in [9.17, 15) is 8.78 Å². The number of halogens is 2. The number of anilines is 1. The first-order chi connectivity index (χ1) is 9.61. The third-order valence-corrected chi connectivity index (χ3v) is 2.76. The smallest absolute Gasteiger partial charge is 0.221 e. The Hall–Kier alpha value is -2.24. The Bertz CT molecular complexity index is 605. The van der Waals surface area contributed by atoms with Crippen LogP contribution in [0.5, 0.6) is 5.88 Å². The van der Waals surface area contributed by atoms with Crippen LogP contribution in [0.25, 0.3) is 0 Å². The van der Waals surface area contributed by atoms with Gasteiger partial charge in [-0.1, -0.05) is 6.07 Å². The van der Waals surface area contributed by atoms with Crippen LogP contribution in [-0.2, 0) is 6.54 Å². The molecule has 1 aromatic heterocycles. The van der Waals surface area contributed by atoms with Crippen molar-refractivity contribution in [2.45, 2.75) is 20.4 Å². The maximum atomic E-state index is 13.1. The van der Waals surface area contributed by atoms with Crippen LogP contribution in [-0.4, -0.2) is 16.6 Å². The van der Waals surface area contributed by atoms with Crippen molar-refractivity contribution in [1.29, 1.82) is 0 Å². The first kappa shape index (κ1) is 14.2. The van der Waals surface area contributed by atoms with E-state index in [0.29, 0.717) is 30.4 Å². The van der Waals surface area contributed by atoms with E-state index in [4.69, 9.17) is 4.74 Å². The molecule has 0 aliphatic heterocycles. The van der Waals surface area contributed by atoms with Gasteiger partial charge in [0.2, 0.25) is 5.88 Å². The lowest BCUT2D eigenvalue weighted by Crippen LogP contribution is -2.06. The molecule has 0 atom stereocenters. The zero-order valence-electron chi connectivity index (χ0n) is 11.3. The number of nitrogens with one attached hydrogen (secondary N) is 1. The zero-order chi connectivity index (χ0) is 14.5. The molecule has 1 aromatic carbocycles. The predicted molar refractivity (Wildman–Crippen MR) is 71.6 cm³/mol. The van der Waals surface area contributed by atoms with Gasteiger partial charge in [-0.3, -0.25) is 0 Å². The number of rotatable bonds is 5. The minimum absolute atomic E-state index is 0.334. The number of benzene rings is 1. The summed E-state index contributed by atoms with van der Waals surface area (Å²) in [7, 11) is 0. The molecular weight excluding hydrogens is 264 g/mol. The second-order valence-corrected chi connectivity index (χ2v) is 4.19. The molecule has 0 spiro atoms. The molecule has 2 aromatic rings. The third-order valence-electron chi connectivity index (χ3n) is 2.76. The van der Waals surface area contributed by atoms with Crippen molar-refractivity contribution in [1.82, 2.24) is 9.97 Å². The molecule has 4 nitrogen and oxygen atoms in total. The summed E-state index contributed by atoms with van der Waals surface area (Å²) in [5.41, 5.74) is 1.40. The summed E-state index contributed by atoms with van der Waals surface area (Å²) in [5, 5.41) is 3.05. The molecule has 20 heavy (non-hydrogen) atoms. The van der Waals surface area contributed by atoms with Gasteiger partial charge in [-0.15, -0.1) is 0 Å². The van der Waals surface area contributed by atoms with E-state index in [1.165, 1.54) is 12.4 Å². The van der Waals surface area contributed by atoms with Gasteiger partial charge in [0.15, 0.2) is 11.6 Å². The van der Waals surface area contributed by atoms with Gasteiger partial charge in [-0.05, 0) is 31.5 Å². The van der Waals surface area contributed by atoms with Crippen LogP contribution >= 0.6 is 0 Å². The highest BCUT2D eigenvalue weighted by Crippen LogP contribution is 2.21. The average Bonchev–Trinajstić information content (AvgIpc) is 2.44. The summed E-state index contributed by atoms with van der Waals surface area (Å²) in [6.07, 6.45) is 1.39. The molecule has 0 aliphatic carbocycles. The molecule has 0 radical (unpaired) electrons. The summed E-state index contributed by atoms with van der Waals surface area (Å²) in [6, 6.07) is 3.78. The molecule has 1 N–H and O–H groups in total. The lowest BCUT2D eigenvalue weighted by molar-refractivity contribution is 0.324. The maximum Gasteiger partial charge on any atom is 0.221 e. The normalized spacial score (nSPS) is 10.4. The van der Waals surface area contributed by atoms with Gasteiger partial charge in [0.25, 0.3) is 0 Å². The Morgan fingerprint density at radius 2 is 2.00 bits per heavy atom. The number of hydrogen-bond acceptors (Lipinski definition) is 4. The van der Waals surface area contributed by atoms with Crippen LogP contribution in [0.3, 0.4) is 0 Å². The molecule has 0 amide bonds. The summed E-state index contributed by atoms with van der Waals surface area (Å²) < 4.78 is 31.3. The first-order valence-electron chi connectivity index (χ1n) is 6.24. The van der Waals surface area contributed by atoms with Crippen molar-refractivity contribution in [2.75, 3.05) is 11.9 Å². The van der Waals surface area contributed by atoms with Crippen molar-refractivity contribution in [2.24, 2.45) is 0 Å². The van der Waals surface area contributed by atoms with Gasteiger partial charge in [0.05, 0.1) is 12.2 Å². The molecule has 0 unspecified atom stereocenters. The highest BCUT2D eigenvalue weighted by atomic mass is 19.2. The van der Waals surface area contributed by atoms with Crippen molar-refractivity contribution in [3.63, 3.8) is 0 Å². The van der Waals surface area contributed by atoms with Gasteiger partial charge in [-0.25, -0.2) is 18.7 Å². The molecule has 6 heteroatoms. The van der Waals surface area contributed by atoms with E-state index in [1.807, 2.05) is 13.8 Å². The molecule has 2 rings (SSSR count). The molecular formula is C14H15F2N3O. The first-order valence-corrected chi connectivity index (χ1v) is 6.24. The summed E-state index contributed by atoms with van der Waals surface area (Å²) in [5.74, 6) is -0.604. The summed E-state index contributed by atoms with van der Waals surface area (Å²) >= 11 is 0. The van der Waals surface area contributed by atoms with Gasteiger partial charge >= 0.3 is 0 Å². The maximum absolute atomic E-state index is 13.1. The van der Waals surface area contributed by atoms with Crippen LogP contribution in [0.15, 0.2) is 24.5 Å². The Kier molecular flexibility index (Phi) is 4.45. The SMILES string of the molecule is CCOc1ncnc(NCc2ccc(F)c(F)c2)c1C. The minimum Gasteiger partial charge on any atom is -0.478 e. The van der Waals surface area contributed by atoms with Gasteiger partial charge < -0.3 is 10.1 Å². The van der Waals surface area contributed by atoms with E-state index < -0.39 is 11.6 Å². The fourth-order valence-electron chi connectivity index (χ4n) is 1.73. The highest BCUT2D eigenvalue weighted by Gasteiger charge is 2.08. The quantitative estimate of drug-likeness (QED) is 0.913. The Morgan fingerprint density at radius 1 is 1.20 bits per heavy atom. The lowest BCUT2D eigenvalue weighted by atomic mass is 10.2. The highest BCUT2D eigenvalue weighted by molar-refractivity contribution is 5.48. The van der Waals surface area contributed by atoms with Crippen LogP contribution in [0.1, 0.15) is 18.1 Å². The van der Waals surface area contributed by atoms with Crippen molar-refractivity contribution >= 4 is 5.82 Å². The fourth-order valence-corrected chi connectivity index (χ4v) is 1.73. The third kappa shape index (κ3) is 3.20. The number of nitrogens with zero attached hydrogens (tertiary/aromatic N) is 2. The molecule has 0 saturated carbocycles. The van der Waals surface area contributed by atoms with E-state index in [1.54, 1.807) is 0 Å². The Labute approximate surface area is 115 Å². The van der Waals surface area contributed by atoms with Crippen LogP contribution < -0.4 is 10.1 Å². The van der Waals surface area contributed by atoms with Crippen LogP contribution in [0.2, 0.25) is 0 Å². The Balaban J connectivity index is 2.10. The topological polar surface area (TPSA) is 47.0 Å². The minimum atomic E-state index is -0.862. The zero-order valence-corrected chi connectivity index (χ0v) is 11.3. The van der Waals surface area contributed by atoms with E-state index in [0.717, 1.165) is 17.7 Å². The molecule has 0 fully saturated rings. The number of hydrogen-bond donors (Lipinski definition) is 1. The largest absolute Gasteiger partial charge is 0.478 e. The van der Waals surface area contributed by atoms with E-state index in [-0.39, 0.29) is 0 Å². The van der Waals surface area contributed by atoms with Crippen molar-refractivity contribution < 1.29 is 13.5 Å². The monoisotopic (exact) mass is 279 g/mol. The molecule has 0 saturated heterocycles. The average molecular weight is 279 g/mol. The van der Waals surface area contributed by atoms with Gasteiger partial charge in [-0.2, -0.15) is 0 Å². The van der Waals surface area contributed by atoms with Crippen LogP contribution in [0, 0.1) is 18.6 Å². The van der Waals surface area contributed by atoms with Crippen molar-refractivity contribution in [3.05, 3.63) is 47.3 Å². The Morgan fingerprint density at radius 3 is 2.70 bits per heavy atom. The second kappa shape index (κ2) is 6.27. The molecule has 0 bridgehead atoms. The molecule has 1 heterocycles. The summed E-state index contributed by atoms with van der Waals surface area (Å²) in [6.45, 7) is 4.55. The van der Waals surface area contributed by atoms with Gasteiger partial charge in [0.1, 0.15) is 12.1 Å². The second-order valence-electron chi connectivity index (χ2n) is 4.19. The van der Waals surface area contributed by atoms with E-state index in [2.05, 4.69) is 15.3 Å². The lowest BCUT2D eigenvalue weighted by Gasteiger charge is -2.11. The fraction of sp³-hybridized carbons (Fsp3) is 0.286. The van der Waals surface area contributed by atoms with Crippen molar-refractivity contribution in [3.8, 4) is 5.88 Å². The van der Waals surface area contributed by atoms with E-state index >= 15 is 0 Å². The van der Waals surface area contributed by atoms with Gasteiger partial charge in [0, 0.05) is 6.54 Å². The molecule has 106 valence electrons. The predicted octanol–water partition coefficient (Wildman–Crippen LogP) is 3.07.